The van der Waals surface area contributed by atoms with Crippen molar-refractivity contribution in [1.82, 2.24) is 0 Å². The number of ether oxygens (including phenoxy) is 1. The van der Waals surface area contributed by atoms with Crippen LogP contribution in [0.5, 0.6) is 5.75 Å². The van der Waals surface area contributed by atoms with Gasteiger partial charge in [-0.05, 0) is 48.7 Å². The molecule has 1 saturated heterocycles. The van der Waals surface area contributed by atoms with Crippen molar-refractivity contribution in [3.63, 3.8) is 0 Å². The fourth-order valence-electron chi connectivity index (χ4n) is 2.67. The number of hydrogen-bond donors (Lipinski definition) is 1. The summed E-state index contributed by atoms with van der Waals surface area (Å²) < 4.78 is 6.25. The summed E-state index contributed by atoms with van der Waals surface area (Å²) in [5.74, 6) is 3.22. The Bertz CT molecular complexity index is 742. The Kier molecular flexibility index (Phi) is 6.32. The number of nitrogens with one attached hydrogen (secondary N) is 1. The molecule has 0 aromatic heterocycles. The molecule has 3 nitrogen and oxygen atoms in total. The summed E-state index contributed by atoms with van der Waals surface area (Å²) in [7, 11) is 0. The molecule has 1 aliphatic heterocycles. The van der Waals surface area contributed by atoms with E-state index in [4.69, 9.17) is 4.74 Å². The van der Waals surface area contributed by atoms with Gasteiger partial charge in [-0.2, -0.15) is 0 Å². The predicted molar refractivity (Wildman–Crippen MR) is 109 cm³/mol. The molecule has 0 saturated carbocycles. The van der Waals surface area contributed by atoms with E-state index in [1.807, 2.05) is 54.7 Å². The molecule has 0 atom stereocenters. The van der Waals surface area contributed by atoms with Crippen LogP contribution in [-0.2, 0) is 4.79 Å². The van der Waals surface area contributed by atoms with Crippen LogP contribution in [0.25, 0.3) is 0 Å². The summed E-state index contributed by atoms with van der Waals surface area (Å²) in [6, 6.07) is 14.1. The normalized spacial score (nSPS) is 14.5. The van der Waals surface area contributed by atoms with Crippen molar-refractivity contribution in [2.45, 2.75) is 24.9 Å². The van der Waals surface area contributed by atoms with E-state index in [0.29, 0.717) is 17.6 Å². The summed E-state index contributed by atoms with van der Waals surface area (Å²) in [6.07, 6.45) is 0.338. The van der Waals surface area contributed by atoms with Crippen molar-refractivity contribution < 1.29 is 9.53 Å². The van der Waals surface area contributed by atoms with Gasteiger partial charge in [0.25, 0.3) is 0 Å². The number of amides is 1. The van der Waals surface area contributed by atoms with Gasteiger partial charge in [-0.3, -0.25) is 4.79 Å². The van der Waals surface area contributed by atoms with E-state index in [1.54, 1.807) is 0 Å². The van der Waals surface area contributed by atoms with Crippen LogP contribution in [0.1, 0.15) is 27.7 Å². The largest absolute Gasteiger partial charge is 0.493 e. The molecule has 0 aliphatic carbocycles. The second-order valence-corrected chi connectivity index (χ2v) is 8.77. The highest BCUT2D eigenvalue weighted by molar-refractivity contribution is 8.19. The van der Waals surface area contributed by atoms with Gasteiger partial charge in [-0.15, -0.1) is 23.5 Å². The van der Waals surface area contributed by atoms with Gasteiger partial charge in [-0.1, -0.05) is 24.3 Å². The van der Waals surface area contributed by atoms with Gasteiger partial charge < -0.3 is 10.1 Å². The maximum atomic E-state index is 12.2. The van der Waals surface area contributed by atoms with Crippen LogP contribution in [0.2, 0.25) is 0 Å². The Morgan fingerprint density at radius 1 is 1.16 bits per heavy atom. The molecule has 2 aromatic carbocycles. The smallest absolute Gasteiger partial charge is 0.227 e. The molecule has 1 amide bonds. The van der Waals surface area contributed by atoms with Gasteiger partial charge in [0.2, 0.25) is 5.91 Å². The van der Waals surface area contributed by atoms with Gasteiger partial charge in [0.15, 0.2) is 0 Å². The summed E-state index contributed by atoms with van der Waals surface area (Å²) in [4.78, 5) is 12.2. The van der Waals surface area contributed by atoms with Gasteiger partial charge >= 0.3 is 0 Å². The van der Waals surface area contributed by atoms with E-state index in [-0.39, 0.29) is 5.91 Å². The third kappa shape index (κ3) is 4.95. The Labute approximate surface area is 157 Å². The first kappa shape index (κ1) is 18.2. The van der Waals surface area contributed by atoms with E-state index in [2.05, 4.69) is 30.4 Å². The molecule has 1 N–H and O–H groups in total. The quantitative estimate of drug-likeness (QED) is 0.756. The number of thioether (sulfide) groups is 2. The SMILES string of the molecule is Cc1cccc(OCCC(=O)Nc2cccc(C3SCCS3)c2)c1C. The van der Waals surface area contributed by atoms with Crippen molar-refractivity contribution in [3.8, 4) is 5.75 Å². The molecule has 132 valence electrons. The van der Waals surface area contributed by atoms with E-state index in [9.17, 15) is 4.79 Å². The molecule has 0 radical (unpaired) electrons. The van der Waals surface area contributed by atoms with E-state index < -0.39 is 0 Å². The van der Waals surface area contributed by atoms with Gasteiger partial charge in [0.05, 0.1) is 17.6 Å². The molecular formula is C20H23NO2S2. The number of anilines is 1. The third-order valence-corrected chi connectivity index (χ3v) is 7.31. The lowest BCUT2D eigenvalue weighted by atomic mass is 10.1. The fourth-order valence-corrected chi connectivity index (χ4v) is 5.51. The minimum Gasteiger partial charge on any atom is -0.493 e. The monoisotopic (exact) mass is 373 g/mol. The Morgan fingerprint density at radius 2 is 1.92 bits per heavy atom. The standard InChI is InChI=1S/C20H23NO2S2/c1-14-5-3-8-18(15(14)2)23-10-9-19(22)21-17-7-4-6-16(13-17)20-24-11-12-25-20/h3-8,13,20H,9-12H2,1-2H3,(H,21,22). The van der Waals surface area contributed by atoms with Gasteiger partial charge in [0, 0.05) is 17.2 Å². The maximum Gasteiger partial charge on any atom is 0.227 e. The lowest BCUT2D eigenvalue weighted by Crippen LogP contribution is -2.15. The first-order valence-electron chi connectivity index (χ1n) is 8.45. The molecule has 0 spiro atoms. The number of rotatable bonds is 6. The van der Waals surface area contributed by atoms with Crippen LogP contribution >= 0.6 is 23.5 Å². The highest BCUT2D eigenvalue weighted by atomic mass is 32.2. The topological polar surface area (TPSA) is 38.3 Å². The molecule has 5 heteroatoms. The Morgan fingerprint density at radius 3 is 2.72 bits per heavy atom. The zero-order valence-corrected chi connectivity index (χ0v) is 16.2. The molecule has 0 bridgehead atoms. The summed E-state index contributed by atoms with van der Waals surface area (Å²) in [5.41, 5.74) is 4.46. The molecular weight excluding hydrogens is 350 g/mol. The van der Waals surface area contributed by atoms with E-state index in [1.165, 1.54) is 22.6 Å². The first-order chi connectivity index (χ1) is 12.1. The molecule has 0 unspecified atom stereocenters. The fraction of sp³-hybridized carbons (Fsp3) is 0.350. The van der Waals surface area contributed by atoms with Crippen LogP contribution in [0.3, 0.4) is 0 Å². The second-order valence-electron chi connectivity index (χ2n) is 6.04. The number of benzene rings is 2. The van der Waals surface area contributed by atoms with Gasteiger partial charge in [0.1, 0.15) is 5.75 Å². The average Bonchev–Trinajstić information content (AvgIpc) is 3.13. The molecule has 2 aromatic rings. The van der Waals surface area contributed by atoms with Crippen molar-refractivity contribution in [3.05, 3.63) is 59.2 Å². The highest BCUT2D eigenvalue weighted by Gasteiger charge is 2.18. The van der Waals surface area contributed by atoms with Crippen LogP contribution in [0.4, 0.5) is 5.69 Å². The Balaban J connectivity index is 1.51. The highest BCUT2D eigenvalue weighted by Crippen LogP contribution is 2.45. The number of carbonyl (C=O) groups is 1. The molecule has 3 rings (SSSR count). The first-order valence-corrected chi connectivity index (χ1v) is 10.6. The van der Waals surface area contributed by atoms with Crippen molar-refractivity contribution >= 4 is 35.1 Å². The van der Waals surface area contributed by atoms with Crippen molar-refractivity contribution in [2.75, 3.05) is 23.4 Å². The van der Waals surface area contributed by atoms with Crippen LogP contribution in [-0.4, -0.2) is 24.0 Å². The lowest BCUT2D eigenvalue weighted by molar-refractivity contribution is -0.116. The van der Waals surface area contributed by atoms with Crippen LogP contribution in [0.15, 0.2) is 42.5 Å². The minimum absolute atomic E-state index is 0.0193. The van der Waals surface area contributed by atoms with E-state index in [0.717, 1.165) is 17.0 Å². The summed E-state index contributed by atoms with van der Waals surface area (Å²) in [5, 5.41) is 2.98. The number of hydrogen-bond acceptors (Lipinski definition) is 4. The number of aryl methyl sites for hydroxylation is 1. The zero-order valence-electron chi connectivity index (χ0n) is 14.6. The molecule has 25 heavy (non-hydrogen) atoms. The van der Waals surface area contributed by atoms with Crippen LogP contribution in [0, 0.1) is 13.8 Å². The average molecular weight is 374 g/mol. The van der Waals surface area contributed by atoms with E-state index >= 15 is 0 Å². The van der Waals surface area contributed by atoms with Crippen LogP contribution < -0.4 is 10.1 Å². The third-order valence-electron chi connectivity index (χ3n) is 4.21. The van der Waals surface area contributed by atoms with Gasteiger partial charge in [-0.25, -0.2) is 0 Å². The minimum atomic E-state index is -0.0193. The molecule has 1 fully saturated rings. The predicted octanol–water partition coefficient (Wildman–Crippen LogP) is 5.19. The van der Waals surface area contributed by atoms with Crippen molar-refractivity contribution in [2.24, 2.45) is 0 Å². The summed E-state index contributed by atoms with van der Waals surface area (Å²) >= 11 is 3.93. The second kappa shape index (κ2) is 8.68. The number of carbonyl (C=O) groups excluding carboxylic acids is 1. The molecule has 1 aliphatic rings. The maximum absolute atomic E-state index is 12.2. The Hall–Kier alpha value is -1.59. The zero-order chi connectivity index (χ0) is 17.6. The molecule has 1 heterocycles. The van der Waals surface area contributed by atoms with Crippen molar-refractivity contribution in [1.29, 1.82) is 0 Å². The lowest BCUT2D eigenvalue weighted by Gasteiger charge is -2.12. The summed E-state index contributed by atoms with van der Waals surface area (Å²) in [6.45, 7) is 4.47.